The summed E-state index contributed by atoms with van der Waals surface area (Å²) in [6.07, 6.45) is 3.18. The maximum absolute atomic E-state index is 8.82. The van der Waals surface area contributed by atoms with Crippen molar-refractivity contribution in [3.05, 3.63) is 0 Å². The Morgan fingerprint density at radius 3 is 2.62 bits per heavy atom. The predicted octanol–water partition coefficient (Wildman–Crippen LogP) is 2.00. The maximum atomic E-state index is 8.82. The second-order valence-corrected chi connectivity index (χ2v) is 4.61. The highest BCUT2D eigenvalue weighted by atomic mass is 16.7. The van der Waals surface area contributed by atoms with Gasteiger partial charge in [0.1, 0.15) is 0 Å². The van der Waals surface area contributed by atoms with Gasteiger partial charge >= 0.3 is 0 Å². The topological polar surface area (TPSA) is 45.0 Å². The van der Waals surface area contributed by atoms with Gasteiger partial charge in [0.15, 0.2) is 0 Å². The lowest BCUT2D eigenvalue weighted by atomic mass is 10.1. The van der Waals surface area contributed by atoms with Crippen LogP contribution in [0.25, 0.3) is 0 Å². The van der Waals surface area contributed by atoms with Gasteiger partial charge in [0.25, 0.3) is 0 Å². The van der Waals surface area contributed by atoms with Gasteiger partial charge in [0.2, 0.25) is 0 Å². The van der Waals surface area contributed by atoms with E-state index >= 15 is 0 Å². The summed E-state index contributed by atoms with van der Waals surface area (Å²) in [5, 5.41) is 8.82. The van der Waals surface area contributed by atoms with Gasteiger partial charge in [-0.25, -0.2) is 0 Å². The SMILES string of the molecule is CC(C)(C)ONC1CCCC1C#N. The first-order valence-electron chi connectivity index (χ1n) is 4.86. The monoisotopic (exact) mass is 182 g/mol. The molecule has 0 radical (unpaired) electrons. The van der Waals surface area contributed by atoms with Gasteiger partial charge in [-0.15, -0.1) is 0 Å². The predicted molar refractivity (Wildman–Crippen MR) is 50.7 cm³/mol. The van der Waals surface area contributed by atoms with Gasteiger partial charge in [-0.1, -0.05) is 6.42 Å². The third-order valence-corrected chi connectivity index (χ3v) is 2.20. The first-order chi connectivity index (χ1) is 6.03. The number of nitrogens with zero attached hydrogens (tertiary/aromatic N) is 1. The molecular formula is C10H18N2O. The van der Waals surface area contributed by atoms with E-state index in [0.29, 0.717) is 0 Å². The Hall–Kier alpha value is -0.590. The average Bonchev–Trinajstić information content (AvgIpc) is 2.46. The lowest BCUT2D eigenvalue weighted by Crippen LogP contribution is -2.38. The molecule has 0 spiro atoms. The Kier molecular flexibility index (Phi) is 3.29. The lowest BCUT2D eigenvalue weighted by molar-refractivity contribution is -0.0906. The number of hydroxylamine groups is 1. The zero-order valence-corrected chi connectivity index (χ0v) is 8.63. The molecule has 0 aromatic rings. The van der Waals surface area contributed by atoms with E-state index in [2.05, 4.69) is 11.5 Å². The molecular weight excluding hydrogens is 164 g/mol. The molecule has 0 aromatic heterocycles. The highest BCUT2D eigenvalue weighted by molar-refractivity contribution is 4.95. The molecule has 1 rings (SSSR count). The van der Waals surface area contributed by atoms with Crippen molar-refractivity contribution in [2.24, 2.45) is 5.92 Å². The molecule has 0 bridgehead atoms. The Morgan fingerprint density at radius 1 is 1.38 bits per heavy atom. The second kappa shape index (κ2) is 4.08. The highest BCUT2D eigenvalue weighted by Crippen LogP contribution is 2.25. The molecule has 1 aliphatic carbocycles. The van der Waals surface area contributed by atoms with Crippen LogP contribution < -0.4 is 5.48 Å². The molecule has 1 N–H and O–H groups in total. The third kappa shape index (κ3) is 3.33. The largest absolute Gasteiger partial charge is 0.296 e. The number of hydrogen-bond acceptors (Lipinski definition) is 3. The zero-order chi connectivity index (χ0) is 9.90. The van der Waals surface area contributed by atoms with Crippen LogP contribution in [0.1, 0.15) is 40.0 Å². The van der Waals surface area contributed by atoms with Crippen molar-refractivity contribution in [3.8, 4) is 6.07 Å². The summed E-state index contributed by atoms with van der Waals surface area (Å²) >= 11 is 0. The Bertz CT molecular complexity index is 202. The summed E-state index contributed by atoms with van der Waals surface area (Å²) in [6.45, 7) is 5.99. The van der Waals surface area contributed by atoms with Crippen LogP contribution in [0.15, 0.2) is 0 Å². The Balaban J connectivity index is 2.33. The van der Waals surface area contributed by atoms with E-state index in [4.69, 9.17) is 10.1 Å². The van der Waals surface area contributed by atoms with Crippen LogP contribution in [0.2, 0.25) is 0 Å². The van der Waals surface area contributed by atoms with Gasteiger partial charge in [-0.3, -0.25) is 4.84 Å². The molecule has 13 heavy (non-hydrogen) atoms. The van der Waals surface area contributed by atoms with Crippen LogP contribution in [-0.4, -0.2) is 11.6 Å². The molecule has 0 aliphatic heterocycles. The molecule has 0 saturated heterocycles. The molecule has 2 unspecified atom stereocenters. The fourth-order valence-corrected chi connectivity index (χ4v) is 1.51. The van der Waals surface area contributed by atoms with Crippen molar-refractivity contribution in [1.82, 2.24) is 5.48 Å². The second-order valence-electron chi connectivity index (χ2n) is 4.61. The molecule has 1 saturated carbocycles. The summed E-state index contributed by atoms with van der Waals surface area (Å²) in [5.41, 5.74) is 2.82. The van der Waals surface area contributed by atoms with Crippen LogP contribution in [0.5, 0.6) is 0 Å². The van der Waals surface area contributed by atoms with Crippen molar-refractivity contribution in [3.63, 3.8) is 0 Å². The summed E-state index contributed by atoms with van der Waals surface area (Å²) < 4.78 is 0. The fourth-order valence-electron chi connectivity index (χ4n) is 1.51. The van der Waals surface area contributed by atoms with Gasteiger partial charge in [0, 0.05) is 6.04 Å². The van der Waals surface area contributed by atoms with Gasteiger partial charge in [-0.2, -0.15) is 10.7 Å². The van der Waals surface area contributed by atoms with Gasteiger partial charge < -0.3 is 0 Å². The first kappa shape index (κ1) is 10.5. The summed E-state index contributed by atoms with van der Waals surface area (Å²) in [6, 6.07) is 2.53. The van der Waals surface area contributed by atoms with Crippen molar-refractivity contribution in [1.29, 1.82) is 5.26 Å². The van der Waals surface area contributed by atoms with Gasteiger partial charge in [-0.05, 0) is 33.6 Å². The highest BCUT2D eigenvalue weighted by Gasteiger charge is 2.28. The zero-order valence-electron chi connectivity index (χ0n) is 8.63. The lowest BCUT2D eigenvalue weighted by Gasteiger charge is -2.23. The summed E-state index contributed by atoms with van der Waals surface area (Å²) in [4.78, 5) is 5.44. The molecule has 0 amide bonds. The van der Waals surface area contributed by atoms with Crippen molar-refractivity contribution in [2.75, 3.05) is 0 Å². The van der Waals surface area contributed by atoms with E-state index in [1.807, 2.05) is 20.8 Å². The molecule has 3 nitrogen and oxygen atoms in total. The third-order valence-electron chi connectivity index (χ3n) is 2.20. The minimum absolute atomic E-state index is 0.127. The number of hydrogen-bond donors (Lipinski definition) is 1. The minimum Gasteiger partial charge on any atom is -0.296 e. The van der Waals surface area contributed by atoms with Gasteiger partial charge in [0.05, 0.1) is 17.6 Å². The smallest absolute Gasteiger partial charge is 0.0813 e. The molecule has 3 heteroatoms. The standard InChI is InChI=1S/C10H18N2O/c1-10(2,3)13-12-9-6-4-5-8(9)7-11/h8-9,12H,4-6H2,1-3H3. The van der Waals surface area contributed by atoms with E-state index in [9.17, 15) is 0 Å². The normalized spacial score (nSPS) is 28.8. The molecule has 0 aromatic carbocycles. The van der Waals surface area contributed by atoms with Crippen LogP contribution in [0.3, 0.4) is 0 Å². The van der Waals surface area contributed by atoms with Crippen LogP contribution in [0, 0.1) is 17.2 Å². The molecule has 0 heterocycles. The van der Waals surface area contributed by atoms with E-state index < -0.39 is 0 Å². The van der Waals surface area contributed by atoms with Crippen molar-refractivity contribution < 1.29 is 4.84 Å². The quantitative estimate of drug-likeness (QED) is 0.664. The number of nitriles is 1. The first-order valence-corrected chi connectivity index (χ1v) is 4.86. The molecule has 1 aliphatic rings. The van der Waals surface area contributed by atoms with E-state index in [0.717, 1.165) is 19.3 Å². The van der Waals surface area contributed by atoms with Crippen LogP contribution in [-0.2, 0) is 4.84 Å². The number of rotatable bonds is 2. The van der Waals surface area contributed by atoms with Crippen molar-refractivity contribution >= 4 is 0 Å². The van der Waals surface area contributed by atoms with E-state index in [1.54, 1.807) is 0 Å². The number of nitrogens with one attached hydrogen (secondary N) is 1. The fraction of sp³-hybridized carbons (Fsp3) is 0.900. The molecule has 74 valence electrons. The minimum atomic E-state index is -0.178. The summed E-state index contributed by atoms with van der Waals surface area (Å²) in [5.74, 6) is 0.127. The van der Waals surface area contributed by atoms with Crippen molar-refractivity contribution in [2.45, 2.75) is 51.7 Å². The Labute approximate surface area is 80.0 Å². The average molecular weight is 182 g/mol. The van der Waals surface area contributed by atoms with Crippen LogP contribution >= 0.6 is 0 Å². The van der Waals surface area contributed by atoms with E-state index in [-0.39, 0.29) is 17.6 Å². The Morgan fingerprint density at radius 2 is 2.08 bits per heavy atom. The molecule has 2 atom stereocenters. The van der Waals surface area contributed by atoms with Crippen LogP contribution in [0.4, 0.5) is 0 Å². The summed E-state index contributed by atoms with van der Waals surface area (Å²) in [7, 11) is 0. The molecule has 1 fully saturated rings. The van der Waals surface area contributed by atoms with E-state index in [1.165, 1.54) is 0 Å². The maximum Gasteiger partial charge on any atom is 0.0813 e.